The highest BCUT2D eigenvalue weighted by atomic mass is 16.2. The number of nitrogens with zero attached hydrogens (tertiary/aromatic N) is 2. The van der Waals surface area contributed by atoms with E-state index in [0.717, 1.165) is 43.6 Å². The number of piperidine rings is 1. The van der Waals surface area contributed by atoms with E-state index in [4.69, 9.17) is 0 Å². The summed E-state index contributed by atoms with van der Waals surface area (Å²) in [5.41, 5.74) is 1.07. The first-order valence-corrected chi connectivity index (χ1v) is 8.22. The second-order valence-corrected chi connectivity index (χ2v) is 5.99. The fourth-order valence-electron chi connectivity index (χ4n) is 3.21. The van der Waals surface area contributed by atoms with Gasteiger partial charge in [0.1, 0.15) is 5.82 Å². The van der Waals surface area contributed by atoms with E-state index in [1.165, 1.54) is 6.07 Å². The van der Waals surface area contributed by atoms with Gasteiger partial charge in [-0.25, -0.2) is 4.98 Å². The minimum absolute atomic E-state index is 0.0415. The smallest absolute Gasteiger partial charge is 0.254 e. The molecule has 3 heterocycles. The van der Waals surface area contributed by atoms with Gasteiger partial charge >= 0.3 is 0 Å². The highest BCUT2D eigenvalue weighted by Gasteiger charge is 2.30. The third-order valence-corrected chi connectivity index (χ3v) is 4.27. The molecule has 2 N–H and O–H groups in total. The number of carbonyl (C=O) groups excluding carboxylic acids is 1. The van der Waals surface area contributed by atoms with Crippen molar-refractivity contribution >= 4 is 5.91 Å². The number of hydrogen-bond donors (Lipinski definition) is 2. The molecule has 0 aliphatic carbocycles. The van der Waals surface area contributed by atoms with E-state index in [-0.39, 0.29) is 17.5 Å². The van der Waals surface area contributed by atoms with Gasteiger partial charge in [0.15, 0.2) is 0 Å². The molecule has 1 unspecified atom stereocenters. The Morgan fingerprint density at radius 1 is 1.39 bits per heavy atom. The van der Waals surface area contributed by atoms with Crippen molar-refractivity contribution in [1.82, 2.24) is 19.9 Å². The first-order chi connectivity index (χ1) is 11.2. The lowest BCUT2D eigenvalue weighted by Crippen LogP contribution is -2.39. The molecule has 1 aliphatic rings. The van der Waals surface area contributed by atoms with Crippen LogP contribution in [0.5, 0.6) is 0 Å². The van der Waals surface area contributed by atoms with Crippen molar-refractivity contribution in [2.24, 2.45) is 0 Å². The molecule has 6 nitrogen and oxygen atoms in total. The third kappa shape index (κ3) is 3.36. The van der Waals surface area contributed by atoms with Crippen molar-refractivity contribution in [3.8, 4) is 0 Å². The summed E-state index contributed by atoms with van der Waals surface area (Å²) < 4.78 is 0. The predicted molar refractivity (Wildman–Crippen MR) is 87.3 cm³/mol. The summed E-state index contributed by atoms with van der Waals surface area (Å²) in [5.74, 6) is 0.728. The van der Waals surface area contributed by atoms with Crippen molar-refractivity contribution < 1.29 is 4.79 Å². The minimum Gasteiger partial charge on any atom is -0.347 e. The van der Waals surface area contributed by atoms with Crippen LogP contribution in [0.25, 0.3) is 0 Å². The van der Waals surface area contributed by atoms with Crippen LogP contribution in [0.4, 0.5) is 0 Å². The summed E-state index contributed by atoms with van der Waals surface area (Å²) in [6.45, 7) is 2.74. The lowest BCUT2D eigenvalue weighted by Gasteiger charge is -2.34. The quantitative estimate of drug-likeness (QED) is 0.909. The summed E-state index contributed by atoms with van der Waals surface area (Å²) in [6.07, 6.45) is 8.12. The Kier molecular flexibility index (Phi) is 4.60. The van der Waals surface area contributed by atoms with Gasteiger partial charge in [-0.2, -0.15) is 0 Å². The number of aromatic nitrogens is 3. The standard InChI is InChI=1S/C17H22N4O2/c1-2-5-13-10-12(11-15(22)20-13)17(23)21-9-4-3-6-14(21)16-18-7-8-19-16/h7-8,10-11,14H,2-6,9H2,1H3,(H,18,19)(H,20,22). The van der Waals surface area contributed by atoms with Crippen LogP contribution >= 0.6 is 0 Å². The Morgan fingerprint density at radius 3 is 3.00 bits per heavy atom. The number of nitrogens with one attached hydrogen (secondary N) is 2. The van der Waals surface area contributed by atoms with Crippen LogP contribution in [0.3, 0.4) is 0 Å². The molecule has 2 aromatic heterocycles. The fraction of sp³-hybridized carbons (Fsp3) is 0.471. The predicted octanol–water partition coefficient (Wildman–Crippen LogP) is 2.42. The summed E-state index contributed by atoms with van der Waals surface area (Å²) in [6, 6.07) is 3.16. The zero-order valence-electron chi connectivity index (χ0n) is 13.3. The van der Waals surface area contributed by atoms with Crippen LogP contribution in [0.1, 0.15) is 60.5 Å². The Labute approximate surface area is 134 Å². The van der Waals surface area contributed by atoms with Gasteiger partial charge in [0, 0.05) is 36.3 Å². The molecule has 1 saturated heterocycles. The van der Waals surface area contributed by atoms with Gasteiger partial charge in [-0.05, 0) is 31.7 Å². The maximum absolute atomic E-state index is 12.9. The Morgan fingerprint density at radius 2 is 2.26 bits per heavy atom. The number of hydrogen-bond acceptors (Lipinski definition) is 3. The Hall–Kier alpha value is -2.37. The number of amides is 1. The van der Waals surface area contributed by atoms with Gasteiger partial charge in [0.05, 0.1) is 6.04 Å². The van der Waals surface area contributed by atoms with E-state index in [9.17, 15) is 9.59 Å². The molecule has 0 bridgehead atoms. The fourth-order valence-corrected chi connectivity index (χ4v) is 3.21. The molecule has 0 spiro atoms. The van der Waals surface area contributed by atoms with E-state index in [1.54, 1.807) is 18.5 Å². The summed E-state index contributed by atoms with van der Waals surface area (Å²) in [4.78, 5) is 36.9. The highest BCUT2D eigenvalue weighted by Crippen LogP contribution is 2.30. The van der Waals surface area contributed by atoms with Crippen molar-refractivity contribution in [2.75, 3.05) is 6.54 Å². The zero-order valence-corrected chi connectivity index (χ0v) is 13.3. The SMILES string of the molecule is CCCc1cc(C(=O)N2CCCCC2c2ncc[nH]2)cc(=O)[nH]1. The first-order valence-electron chi connectivity index (χ1n) is 8.22. The van der Waals surface area contributed by atoms with Crippen LogP contribution in [-0.2, 0) is 6.42 Å². The largest absolute Gasteiger partial charge is 0.347 e. The molecular formula is C17H22N4O2. The molecule has 122 valence electrons. The first kappa shape index (κ1) is 15.5. The van der Waals surface area contributed by atoms with Crippen LogP contribution < -0.4 is 5.56 Å². The van der Waals surface area contributed by atoms with E-state index >= 15 is 0 Å². The van der Waals surface area contributed by atoms with Crippen LogP contribution in [0.15, 0.2) is 29.3 Å². The second kappa shape index (κ2) is 6.81. The van der Waals surface area contributed by atoms with Gasteiger partial charge in [-0.15, -0.1) is 0 Å². The van der Waals surface area contributed by atoms with E-state index in [0.29, 0.717) is 12.1 Å². The molecule has 1 fully saturated rings. The lowest BCUT2D eigenvalue weighted by atomic mass is 10.00. The van der Waals surface area contributed by atoms with E-state index in [1.807, 2.05) is 11.8 Å². The van der Waals surface area contributed by atoms with Crippen LogP contribution in [-0.4, -0.2) is 32.3 Å². The topological polar surface area (TPSA) is 81.8 Å². The number of aryl methyl sites for hydroxylation is 1. The highest BCUT2D eigenvalue weighted by molar-refractivity contribution is 5.94. The normalized spacial score (nSPS) is 18.1. The molecule has 1 amide bonds. The molecule has 1 atom stereocenters. The molecule has 0 radical (unpaired) electrons. The molecule has 23 heavy (non-hydrogen) atoms. The number of imidazole rings is 1. The van der Waals surface area contributed by atoms with Gasteiger partial charge in [0.25, 0.3) is 5.91 Å². The van der Waals surface area contributed by atoms with Gasteiger partial charge in [0.2, 0.25) is 5.56 Å². The molecule has 6 heteroatoms. The number of likely N-dealkylation sites (tertiary alicyclic amines) is 1. The summed E-state index contributed by atoms with van der Waals surface area (Å²) in [5, 5.41) is 0. The average molecular weight is 314 g/mol. The number of carbonyl (C=O) groups is 1. The number of aromatic amines is 2. The van der Waals surface area contributed by atoms with Crippen molar-refractivity contribution in [3.05, 3.63) is 52.0 Å². The maximum atomic E-state index is 12.9. The number of H-pyrrole nitrogens is 2. The van der Waals surface area contributed by atoms with Gasteiger partial charge < -0.3 is 14.9 Å². The molecule has 0 aromatic carbocycles. The molecule has 1 aliphatic heterocycles. The molecule has 3 rings (SSSR count). The van der Waals surface area contributed by atoms with Gasteiger partial charge in [-0.3, -0.25) is 9.59 Å². The second-order valence-electron chi connectivity index (χ2n) is 5.99. The van der Waals surface area contributed by atoms with Gasteiger partial charge in [-0.1, -0.05) is 13.3 Å². The number of pyridine rings is 1. The van der Waals surface area contributed by atoms with Crippen LogP contribution in [0.2, 0.25) is 0 Å². The maximum Gasteiger partial charge on any atom is 0.254 e. The molecule has 2 aromatic rings. The third-order valence-electron chi connectivity index (χ3n) is 4.27. The zero-order chi connectivity index (χ0) is 16.2. The van der Waals surface area contributed by atoms with Crippen molar-refractivity contribution in [1.29, 1.82) is 0 Å². The molecular weight excluding hydrogens is 292 g/mol. The monoisotopic (exact) mass is 314 g/mol. The number of rotatable bonds is 4. The lowest BCUT2D eigenvalue weighted by molar-refractivity contribution is 0.0600. The van der Waals surface area contributed by atoms with Crippen molar-refractivity contribution in [2.45, 2.75) is 45.1 Å². The Bertz CT molecular complexity index is 720. The average Bonchev–Trinajstić information content (AvgIpc) is 3.08. The van der Waals surface area contributed by atoms with Crippen molar-refractivity contribution in [3.63, 3.8) is 0 Å². The van der Waals surface area contributed by atoms with E-state index < -0.39 is 0 Å². The summed E-state index contributed by atoms with van der Waals surface area (Å²) >= 11 is 0. The van der Waals surface area contributed by atoms with Crippen LogP contribution in [0, 0.1) is 0 Å². The Balaban J connectivity index is 1.90. The minimum atomic E-state index is -0.217. The molecule has 0 saturated carbocycles. The van der Waals surface area contributed by atoms with E-state index in [2.05, 4.69) is 15.0 Å². The summed E-state index contributed by atoms with van der Waals surface area (Å²) in [7, 11) is 0.